The summed E-state index contributed by atoms with van der Waals surface area (Å²) in [5, 5.41) is 0.0272. The number of nitrogens with one attached hydrogen (secondary N) is 1. The third-order valence-corrected chi connectivity index (χ3v) is 4.46. The van der Waals surface area contributed by atoms with E-state index in [1.54, 1.807) is 6.07 Å². The fraction of sp³-hybridized carbons (Fsp3) is 0.267. The highest BCUT2D eigenvalue weighted by atomic mass is 32.2. The molecule has 0 aliphatic rings. The Bertz CT molecular complexity index is 655. The van der Waals surface area contributed by atoms with Gasteiger partial charge in [0, 0.05) is 19.3 Å². The molecule has 0 aliphatic carbocycles. The minimum absolute atomic E-state index is 0.0272. The van der Waals surface area contributed by atoms with Gasteiger partial charge in [-0.05, 0) is 30.0 Å². The van der Waals surface area contributed by atoms with Gasteiger partial charge in [-0.3, -0.25) is 0 Å². The molecule has 1 heterocycles. The zero-order valence-corrected chi connectivity index (χ0v) is 12.5. The van der Waals surface area contributed by atoms with Crippen LogP contribution in [0.1, 0.15) is 17.5 Å². The van der Waals surface area contributed by atoms with Crippen molar-refractivity contribution in [2.24, 2.45) is 5.73 Å². The van der Waals surface area contributed by atoms with Crippen LogP contribution < -0.4 is 10.5 Å². The predicted octanol–water partition coefficient (Wildman–Crippen LogP) is 1.45. The standard InChI is InChI=1S/C15H19N3O2S/c16-11-14-8-9-15(17-12-14)21(19,20)18-10-4-7-13-5-2-1-3-6-13/h1-3,5-6,8-9,12,18H,4,7,10-11,16H2. The van der Waals surface area contributed by atoms with Gasteiger partial charge in [-0.15, -0.1) is 0 Å². The molecule has 0 fully saturated rings. The van der Waals surface area contributed by atoms with Gasteiger partial charge in [0.05, 0.1) is 0 Å². The lowest BCUT2D eigenvalue weighted by Gasteiger charge is -2.06. The van der Waals surface area contributed by atoms with E-state index in [9.17, 15) is 8.42 Å². The van der Waals surface area contributed by atoms with E-state index < -0.39 is 10.0 Å². The summed E-state index contributed by atoms with van der Waals surface area (Å²) in [6.45, 7) is 0.732. The van der Waals surface area contributed by atoms with E-state index in [1.165, 1.54) is 17.8 Å². The summed E-state index contributed by atoms with van der Waals surface area (Å²) in [6, 6.07) is 13.1. The molecule has 112 valence electrons. The average molecular weight is 305 g/mol. The number of nitrogens with zero attached hydrogens (tertiary/aromatic N) is 1. The summed E-state index contributed by atoms with van der Waals surface area (Å²) < 4.78 is 26.6. The molecule has 1 aromatic heterocycles. The second-order valence-corrected chi connectivity index (χ2v) is 6.41. The molecular weight excluding hydrogens is 286 g/mol. The average Bonchev–Trinajstić information content (AvgIpc) is 2.53. The van der Waals surface area contributed by atoms with Crippen molar-refractivity contribution < 1.29 is 8.42 Å². The smallest absolute Gasteiger partial charge is 0.258 e. The van der Waals surface area contributed by atoms with Crippen LogP contribution >= 0.6 is 0 Å². The van der Waals surface area contributed by atoms with Crippen LogP contribution in [0.5, 0.6) is 0 Å². The Balaban J connectivity index is 1.86. The van der Waals surface area contributed by atoms with E-state index in [-0.39, 0.29) is 5.03 Å². The van der Waals surface area contributed by atoms with Crippen molar-refractivity contribution in [3.05, 3.63) is 59.8 Å². The minimum atomic E-state index is -3.54. The normalized spacial score (nSPS) is 11.5. The highest BCUT2D eigenvalue weighted by Crippen LogP contribution is 2.07. The van der Waals surface area contributed by atoms with Crippen LogP contribution in [0.2, 0.25) is 0 Å². The Morgan fingerprint density at radius 3 is 2.43 bits per heavy atom. The number of nitrogens with two attached hydrogens (primary N) is 1. The van der Waals surface area contributed by atoms with Gasteiger partial charge in [0.2, 0.25) is 0 Å². The maximum atomic E-state index is 12.0. The Labute approximate surface area is 125 Å². The molecule has 1 aromatic carbocycles. The number of rotatable bonds is 7. The first-order chi connectivity index (χ1) is 10.1. The van der Waals surface area contributed by atoms with E-state index in [0.29, 0.717) is 13.1 Å². The number of sulfonamides is 1. The van der Waals surface area contributed by atoms with Crippen molar-refractivity contribution in [1.82, 2.24) is 9.71 Å². The van der Waals surface area contributed by atoms with Crippen molar-refractivity contribution in [2.45, 2.75) is 24.4 Å². The SMILES string of the molecule is NCc1ccc(S(=O)(=O)NCCCc2ccccc2)nc1. The summed E-state index contributed by atoms with van der Waals surface area (Å²) in [4.78, 5) is 3.93. The molecule has 6 heteroatoms. The van der Waals surface area contributed by atoms with Crippen molar-refractivity contribution in [2.75, 3.05) is 6.54 Å². The summed E-state index contributed by atoms with van der Waals surface area (Å²) in [7, 11) is -3.54. The number of aromatic nitrogens is 1. The lowest BCUT2D eigenvalue weighted by atomic mass is 10.1. The molecular formula is C15H19N3O2S. The van der Waals surface area contributed by atoms with Gasteiger partial charge in [0.15, 0.2) is 5.03 Å². The topological polar surface area (TPSA) is 85.1 Å². The molecule has 5 nitrogen and oxygen atoms in total. The molecule has 2 rings (SSSR count). The molecule has 0 bridgehead atoms. The summed E-state index contributed by atoms with van der Waals surface area (Å²) >= 11 is 0. The molecule has 0 atom stereocenters. The van der Waals surface area contributed by atoms with Crippen molar-refractivity contribution in [3.63, 3.8) is 0 Å². The van der Waals surface area contributed by atoms with Crippen LogP contribution in [0, 0.1) is 0 Å². The van der Waals surface area contributed by atoms with Crippen LogP contribution in [0.25, 0.3) is 0 Å². The van der Waals surface area contributed by atoms with Crippen molar-refractivity contribution >= 4 is 10.0 Å². The van der Waals surface area contributed by atoms with Crippen LogP contribution in [0.3, 0.4) is 0 Å². The lowest BCUT2D eigenvalue weighted by molar-refractivity contribution is 0.575. The van der Waals surface area contributed by atoms with Gasteiger partial charge >= 0.3 is 0 Å². The Kier molecular flexibility index (Phi) is 5.44. The molecule has 0 spiro atoms. The lowest BCUT2D eigenvalue weighted by Crippen LogP contribution is -2.26. The highest BCUT2D eigenvalue weighted by molar-refractivity contribution is 7.89. The molecule has 0 saturated heterocycles. The Hall–Kier alpha value is -1.76. The predicted molar refractivity (Wildman–Crippen MR) is 82.1 cm³/mol. The summed E-state index contributed by atoms with van der Waals surface area (Å²) in [6.07, 6.45) is 3.06. The number of pyridine rings is 1. The van der Waals surface area contributed by atoms with Gasteiger partial charge in [0.25, 0.3) is 10.0 Å². The quantitative estimate of drug-likeness (QED) is 0.758. The molecule has 0 unspecified atom stereocenters. The fourth-order valence-corrected chi connectivity index (χ4v) is 2.91. The van der Waals surface area contributed by atoms with Gasteiger partial charge in [-0.25, -0.2) is 18.1 Å². The molecule has 2 aromatic rings. The maximum Gasteiger partial charge on any atom is 0.258 e. The van der Waals surface area contributed by atoms with E-state index >= 15 is 0 Å². The van der Waals surface area contributed by atoms with E-state index in [2.05, 4.69) is 9.71 Å². The summed E-state index contributed by atoms with van der Waals surface area (Å²) in [5.74, 6) is 0. The largest absolute Gasteiger partial charge is 0.326 e. The molecule has 0 radical (unpaired) electrons. The van der Waals surface area contributed by atoms with Crippen LogP contribution in [-0.4, -0.2) is 19.9 Å². The second-order valence-electron chi connectivity index (χ2n) is 4.70. The fourth-order valence-electron chi connectivity index (χ4n) is 1.91. The Morgan fingerprint density at radius 1 is 1.05 bits per heavy atom. The zero-order valence-electron chi connectivity index (χ0n) is 11.7. The first-order valence-electron chi connectivity index (χ1n) is 6.80. The Morgan fingerprint density at radius 2 is 1.81 bits per heavy atom. The van der Waals surface area contributed by atoms with Crippen LogP contribution in [-0.2, 0) is 23.0 Å². The molecule has 0 aliphatic heterocycles. The molecule has 21 heavy (non-hydrogen) atoms. The van der Waals surface area contributed by atoms with Crippen molar-refractivity contribution in [1.29, 1.82) is 0 Å². The molecule has 3 N–H and O–H groups in total. The second kappa shape index (κ2) is 7.31. The minimum Gasteiger partial charge on any atom is -0.326 e. The van der Waals surface area contributed by atoms with E-state index in [0.717, 1.165) is 18.4 Å². The number of hydrogen-bond donors (Lipinski definition) is 2. The van der Waals surface area contributed by atoms with Gasteiger partial charge < -0.3 is 5.73 Å². The molecule has 0 saturated carbocycles. The first-order valence-corrected chi connectivity index (χ1v) is 8.29. The highest BCUT2D eigenvalue weighted by Gasteiger charge is 2.14. The van der Waals surface area contributed by atoms with Gasteiger partial charge in [-0.2, -0.15) is 0 Å². The van der Waals surface area contributed by atoms with Crippen molar-refractivity contribution in [3.8, 4) is 0 Å². The van der Waals surface area contributed by atoms with Crippen LogP contribution in [0.15, 0.2) is 53.7 Å². The van der Waals surface area contributed by atoms with E-state index in [1.807, 2.05) is 30.3 Å². The number of hydrogen-bond acceptors (Lipinski definition) is 4. The van der Waals surface area contributed by atoms with E-state index in [4.69, 9.17) is 5.73 Å². The number of benzene rings is 1. The maximum absolute atomic E-state index is 12.0. The molecule has 0 amide bonds. The van der Waals surface area contributed by atoms with Crippen LogP contribution in [0.4, 0.5) is 0 Å². The first kappa shape index (κ1) is 15.6. The van der Waals surface area contributed by atoms with Gasteiger partial charge in [-0.1, -0.05) is 36.4 Å². The third kappa shape index (κ3) is 4.63. The third-order valence-electron chi connectivity index (χ3n) is 3.09. The summed E-state index contributed by atoms with van der Waals surface area (Å²) in [5.41, 5.74) is 7.46. The zero-order chi connectivity index (χ0) is 15.1. The monoisotopic (exact) mass is 305 g/mol. The number of aryl methyl sites for hydroxylation is 1. The van der Waals surface area contributed by atoms with Gasteiger partial charge in [0.1, 0.15) is 0 Å².